The highest BCUT2D eigenvalue weighted by molar-refractivity contribution is 5.02. The average molecular weight is 489 g/mol. The molecule has 1 rings (SSSR count). The molecule has 2 unspecified atom stereocenters. The van der Waals surface area contributed by atoms with Crippen LogP contribution in [-0.4, -0.2) is 9.55 Å². The van der Waals surface area contributed by atoms with Gasteiger partial charge in [-0.05, 0) is 26.2 Å². The molecule has 0 saturated heterocycles. The van der Waals surface area contributed by atoms with Crippen molar-refractivity contribution in [1.82, 2.24) is 9.55 Å². The number of hydrogen-bond donors (Lipinski definition) is 0. The van der Waals surface area contributed by atoms with Crippen LogP contribution < -0.4 is 0 Å². The molecule has 0 aliphatic heterocycles. The zero-order valence-electron chi connectivity index (χ0n) is 24.7. The fourth-order valence-electron chi connectivity index (χ4n) is 5.63. The minimum atomic E-state index is 0.589. The largest absolute Gasteiger partial charge is 0.332 e. The van der Waals surface area contributed by atoms with Crippen molar-refractivity contribution in [2.24, 2.45) is 0 Å². The Morgan fingerprint density at radius 2 is 0.943 bits per heavy atom. The van der Waals surface area contributed by atoms with Crippen LogP contribution in [0, 0.1) is 0 Å². The predicted molar refractivity (Wildman–Crippen MR) is 158 cm³/mol. The second-order valence-corrected chi connectivity index (χ2v) is 11.5. The van der Waals surface area contributed by atoms with E-state index in [9.17, 15) is 0 Å². The monoisotopic (exact) mass is 489 g/mol. The molecule has 0 fully saturated rings. The molecule has 2 heteroatoms. The van der Waals surface area contributed by atoms with Gasteiger partial charge in [0.25, 0.3) is 0 Å². The molecular formula is C33H64N2. The van der Waals surface area contributed by atoms with Gasteiger partial charge in [-0.25, -0.2) is 4.98 Å². The van der Waals surface area contributed by atoms with E-state index in [1.165, 1.54) is 160 Å². The van der Waals surface area contributed by atoms with Crippen LogP contribution in [0.5, 0.6) is 0 Å². The average Bonchev–Trinajstić information content (AvgIpc) is 3.36. The molecule has 206 valence electrons. The minimum absolute atomic E-state index is 0.589. The number of imidazole rings is 1. The van der Waals surface area contributed by atoms with Crippen molar-refractivity contribution in [2.45, 2.75) is 194 Å². The van der Waals surface area contributed by atoms with E-state index in [-0.39, 0.29) is 0 Å². The Morgan fingerprint density at radius 1 is 0.543 bits per heavy atom. The van der Waals surface area contributed by atoms with Crippen LogP contribution >= 0.6 is 0 Å². The molecule has 0 bridgehead atoms. The van der Waals surface area contributed by atoms with Crippen LogP contribution in [0.4, 0.5) is 0 Å². The SMILES string of the molecule is CCCCCCCCCCCCC(CCCCCCCCCCC)c1nccn1C(C)CCCC. The van der Waals surface area contributed by atoms with Crippen molar-refractivity contribution in [2.75, 3.05) is 0 Å². The van der Waals surface area contributed by atoms with E-state index >= 15 is 0 Å². The molecule has 0 aliphatic carbocycles. The van der Waals surface area contributed by atoms with E-state index < -0.39 is 0 Å². The van der Waals surface area contributed by atoms with Gasteiger partial charge >= 0.3 is 0 Å². The van der Waals surface area contributed by atoms with E-state index in [0.29, 0.717) is 12.0 Å². The Labute approximate surface area is 221 Å². The summed E-state index contributed by atoms with van der Waals surface area (Å²) in [7, 11) is 0. The molecule has 0 N–H and O–H groups in total. The highest BCUT2D eigenvalue weighted by atomic mass is 15.1. The van der Waals surface area contributed by atoms with Gasteiger partial charge in [-0.15, -0.1) is 0 Å². The predicted octanol–water partition coefficient (Wildman–Crippen LogP) is 11.9. The maximum Gasteiger partial charge on any atom is 0.111 e. The van der Waals surface area contributed by atoms with Gasteiger partial charge in [0.05, 0.1) is 0 Å². The zero-order valence-corrected chi connectivity index (χ0v) is 24.7. The molecule has 0 amide bonds. The first-order valence-electron chi connectivity index (χ1n) is 16.3. The first-order valence-corrected chi connectivity index (χ1v) is 16.3. The van der Waals surface area contributed by atoms with Gasteiger partial charge in [0, 0.05) is 24.4 Å². The summed E-state index contributed by atoms with van der Waals surface area (Å²) in [5, 5.41) is 0. The Kier molecular flexibility index (Phi) is 21.7. The third-order valence-corrected chi connectivity index (χ3v) is 8.08. The summed E-state index contributed by atoms with van der Waals surface area (Å²) in [6, 6.07) is 0.589. The summed E-state index contributed by atoms with van der Waals surface area (Å²) < 4.78 is 2.53. The lowest BCUT2D eigenvalue weighted by Gasteiger charge is -2.22. The second-order valence-electron chi connectivity index (χ2n) is 11.5. The molecular weight excluding hydrogens is 424 g/mol. The highest BCUT2D eigenvalue weighted by Crippen LogP contribution is 2.30. The quantitative estimate of drug-likeness (QED) is 0.118. The first kappa shape index (κ1) is 32.2. The van der Waals surface area contributed by atoms with Gasteiger partial charge in [0.1, 0.15) is 5.82 Å². The number of rotatable bonds is 26. The van der Waals surface area contributed by atoms with Crippen LogP contribution in [0.25, 0.3) is 0 Å². The Balaban J connectivity index is 2.41. The van der Waals surface area contributed by atoms with Crippen LogP contribution in [0.15, 0.2) is 12.4 Å². The van der Waals surface area contributed by atoms with Crippen molar-refractivity contribution in [3.05, 3.63) is 18.2 Å². The lowest BCUT2D eigenvalue weighted by molar-refractivity contribution is 0.417. The summed E-state index contributed by atoms with van der Waals surface area (Å²) in [5.41, 5.74) is 0. The standard InChI is InChI=1S/C33H64N2/c1-5-8-11-13-15-17-19-21-23-25-28-32(27-24-22-20-18-16-14-12-9-6-2)33-34-29-30-35(33)31(4)26-10-7-3/h29-32H,5-28H2,1-4H3. The number of aromatic nitrogens is 2. The molecule has 0 radical (unpaired) electrons. The summed E-state index contributed by atoms with van der Waals surface area (Å²) >= 11 is 0. The van der Waals surface area contributed by atoms with Crippen LogP contribution in [0.1, 0.15) is 200 Å². The minimum Gasteiger partial charge on any atom is -0.332 e. The number of hydrogen-bond acceptors (Lipinski definition) is 1. The van der Waals surface area contributed by atoms with Gasteiger partial charge < -0.3 is 4.57 Å². The topological polar surface area (TPSA) is 17.8 Å². The summed E-state index contributed by atoms with van der Waals surface area (Å²) in [6.07, 6.45) is 37.9. The maximum absolute atomic E-state index is 4.93. The molecule has 0 spiro atoms. The molecule has 1 aromatic heterocycles. The Bertz CT molecular complexity index is 549. The molecule has 2 nitrogen and oxygen atoms in total. The third kappa shape index (κ3) is 16.6. The number of unbranched alkanes of at least 4 members (excludes halogenated alkanes) is 18. The van der Waals surface area contributed by atoms with E-state index in [1.54, 1.807) is 0 Å². The van der Waals surface area contributed by atoms with Gasteiger partial charge in [-0.1, -0.05) is 156 Å². The molecule has 0 saturated carbocycles. The summed E-state index contributed by atoms with van der Waals surface area (Å²) in [5.74, 6) is 2.05. The summed E-state index contributed by atoms with van der Waals surface area (Å²) in [6.45, 7) is 9.32. The van der Waals surface area contributed by atoms with E-state index in [4.69, 9.17) is 4.98 Å². The fraction of sp³-hybridized carbons (Fsp3) is 0.909. The molecule has 35 heavy (non-hydrogen) atoms. The molecule has 1 heterocycles. The lowest BCUT2D eigenvalue weighted by Crippen LogP contribution is -2.13. The van der Waals surface area contributed by atoms with Crippen LogP contribution in [-0.2, 0) is 0 Å². The van der Waals surface area contributed by atoms with Crippen molar-refractivity contribution in [3.8, 4) is 0 Å². The number of nitrogens with zero attached hydrogens (tertiary/aromatic N) is 2. The van der Waals surface area contributed by atoms with E-state index in [0.717, 1.165) is 0 Å². The van der Waals surface area contributed by atoms with Gasteiger partial charge in [-0.2, -0.15) is 0 Å². The van der Waals surface area contributed by atoms with Crippen molar-refractivity contribution >= 4 is 0 Å². The normalized spacial score (nSPS) is 13.4. The lowest BCUT2D eigenvalue weighted by atomic mass is 9.92. The van der Waals surface area contributed by atoms with Crippen molar-refractivity contribution in [1.29, 1.82) is 0 Å². The van der Waals surface area contributed by atoms with Gasteiger partial charge in [0.2, 0.25) is 0 Å². The smallest absolute Gasteiger partial charge is 0.111 e. The third-order valence-electron chi connectivity index (χ3n) is 8.08. The zero-order chi connectivity index (χ0) is 25.4. The van der Waals surface area contributed by atoms with Crippen molar-refractivity contribution in [3.63, 3.8) is 0 Å². The van der Waals surface area contributed by atoms with E-state index in [1.807, 2.05) is 0 Å². The molecule has 0 aromatic carbocycles. The fourth-order valence-corrected chi connectivity index (χ4v) is 5.63. The van der Waals surface area contributed by atoms with Gasteiger partial charge in [-0.3, -0.25) is 0 Å². The van der Waals surface area contributed by atoms with Crippen LogP contribution in [0.3, 0.4) is 0 Å². The van der Waals surface area contributed by atoms with Crippen molar-refractivity contribution < 1.29 is 0 Å². The van der Waals surface area contributed by atoms with Gasteiger partial charge in [0.15, 0.2) is 0 Å². The Morgan fingerprint density at radius 3 is 1.37 bits per heavy atom. The maximum atomic E-state index is 4.93. The Hall–Kier alpha value is -0.790. The molecule has 2 atom stereocenters. The molecule has 0 aliphatic rings. The second kappa shape index (κ2) is 23.6. The first-order chi connectivity index (χ1) is 17.2. The summed E-state index contributed by atoms with van der Waals surface area (Å²) in [4.78, 5) is 4.93. The molecule has 1 aromatic rings. The van der Waals surface area contributed by atoms with E-state index in [2.05, 4.69) is 44.7 Å². The highest BCUT2D eigenvalue weighted by Gasteiger charge is 2.19. The van der Waals surface area contributed by atoms with Crippen LogP contribution in [0.2, 0.25) is 0 Å².